The van der Waals surface area contributed by atoms with Crippen molar-refractivity contribution in [3.05, 3.63) is 0 Å². The van der Waals surface area contributed by atoms with Gasteiger partial charge in [-0.1, -0.05) is 12.8 Å². The number of fused-ring (bicyclic) bond motifs is 1. The third-order valence-corrected chi connectivity index (χ3v) is 3.07. The maximum absolute atomic E-state index is 10.3. The van der Waals surface area contributed by atoms with Crippen LogP contribution in [-0.2, 0) is 4.74 Å². The Labute approximate surface area is 77.3 Å². The van der Waals surface area contributed by atoms with Gasteiger partial charge in [-0.3, -0.25) is 5.32 Å². The van der Waals surface area contributed by atoms with E-state index in [4.69, 9.17) is 9.84 Å². The SMILES string of the molecule is O=C(O)OC1CC2CCCC[C@@H]2N1. The average molecular weight is 185 g/mol. The number of rotatable bonds is 1. The van der Waals surface area contributed by atoms with Gasteiger partial charge in [0.25, 0.3) is 0 Å². The van der Waals surface area contributed by atoms with Gasteiger partial charge in [0.1, 0.15) is 0 Å². The Kier molecular flexibility index (Phi) is 2.40. The Morgan fingerprint density at radius 2 is 2.15 bits per heavy atom. The van der Waals surface area contributed by atoms with Gasteiger partial charge in [-0.05, 0) is 18.8 Å². The molecule has 2 aliphatic rings. The van der Waals surface area contributed by atoms with Crippen LogP contribution in [0.5, 0.6) is 0 Å². The van der Waals surface area contributed by atoms with Crippen molar-refractivity contribution >= 4 is 6.16 Å². The van der Waals surface area contributed by atoms with Gasteiger partial charge in [0, 0.05) is 12.5 Å². The van der Waals surface area contributed by atoms with Crippen LogP contribution in [0.4, 0.5) is 4.79 Å². The first-order valence-corrected chi connectivity index (χ1v) is 4.91. The number of carboxylic acid groups (broad SMARTS) is 1. The molecule has 13 heavy (non-hydrogen) atoms. The minimum Gasteiger partial charge on any atom is -0.450 e. The molecule has 1 heterocycles. The molecule has 0 amide bonds. The van der Waals surface area contributed by atoms with E-state index < -0.39 is 6.16 Å². The van der Waals surface area contributed by atoms with Crippen LogP contribution in [-0.4, -0.2) is 23.5 Å². The highest BCUT2D eigenvalue weighted by atomic mass is 16.7. The van der Waals surface area contributed by atoms with E-state index >= 15 is 0 Å². The molecule has 1 saturated heterocycles. The van der Waals surface area contributed by atoms with E-state index in [0.29, 0.717) is 12.0 Å². The second-order valence-corrected chi connectivity index (χ2v) is 3.93. The third-order valence-electron chi connectivity index (χ3n) is 3.07. The Morgan fingerprint density at radius 1 is 1.38 bits per heavy atom. The van der Waals surface area contributed by atoms with Crippen LogP contribution < -0.4 is 5.32 Å². The summed E-state index contributed by atoms with van der Waals surface area (Å²) < 4.78 is 4.71. The van der Waals surface area contributed by atoms with E-state index in [-0.39, 0.29) is 6.23 Å². The van der Waals surface area contributed by atoms with Crippen LogP contribution in [0.2, 0.25) is 0 Å². The summed E-state index contributed by atoms with van der Waals surface area (Å²) in [6, 6.07) is 0.498. The summed E-state index contributed by atoms with van der Waals surface area (Å²) >= 11 is 0. The Morgan fingerprint density at radius 3 is 2.85 bits per heavy atom. The van der Waals surface area contributed by atoms with Gasteiger partial charge in [0.15, 0.2) is 6.23 Å². The van der Waals surface area contributed by atoms with Gasteiger partial charge >= 0.3 is 6.16 Å². The lowest BCUT2D eigenvalue weighted by atomic mass is 9.85. The molecule has 1 saturated carbocycles. The zero-order chi connectivity index (χ0) is 9.26. The van der Waals surface area contributed by atoms with Crippen LogP contribution in [0.3, 0.4) is 0 Å². The average Bonchev–Trinajstić information content (AvgIpc) is 2.44. The lowest BCUT2D eigenvalue weighted by Gasteiger charge is -2.23. The van der Waals surface area contributed by atoms with Gasteiger partial charge in [-0.2, -0.15) is 0 Å². The van der Waals surface area contributed by atoms with E-state index in [1.54, 1.807) is 0 Å². The fraction of sp³-hybridized carbons (Fsp3) is 0.889. The predicted octanol–water partition coefficient (Wildman–Crippen LogP) is 1.56. The summed E-state index contributed by atoms with van der Waals surface area (Å²) in [6.45, 7) is 0. The molecular weight excluding hydrogens is 170 g/mol. The van der Waals surface area contributed by atoms with Crippen molar-refractivity contribution in [2.45, 2.75) is 44.4 Å². The molecule has 1 aliphatic carbocycles. The van der Waals surface area contributed by atoms with Crippen molar-refractivity contribution in [3.63, 3.8) is 0 Å². The zero-order valence-electron chi connectivity index (χ0n) is 7.53. The molecule has 0 aromatic carbocycles. The first-order valence-electron chi connectivity index (χ1n) is 4.91. The van der Waals surface area contributed by atoms with Crippen molar-refractivity contribution in [2.24, 2.45) is 5.92 Å². The normalized spacial score (nSPS) is 38.3. The van der Waals surface area contributed by atoms with Crippen LogP contribution in [0.15, 0.2) is 0 Å². The largest absolute Gasteiger partial charge is 0.507 e. The van der Waals surface area contributed by atoms with Crippen LogP contribution in [0.1, 0.15) is 32.1 Å². The van der Waals surface area contributed by atoms with Crippen molar-refractivity contribution in [2.75, 3.05) is 0 Å². The van der Waals surface area contributed by atoms with Gasteiger partial charge < -0.3 is 9.84 Å². The monoisotopic (exact) mass is 185 g/mol. The molecule has 2 rings (SSSR count). The molecule has 2 N–H and O–H groups in total. The second kappa shape index (κ2) is 3.54. The van der Waals surface area contributed by atoms with E-state index in [2.05, 4.69) is 5.32 Å². The molecule has 0 aromatic heterocycles. The highest BCUT2D eigenvalue weighted by molar-refractivity contribution is 5.57. The highest BCUT2D eigenvalue weighted by Crippen LogP contribution is 2.33. The molecule has 74 valence electrons. The fourth-order valence-electron chi connectivity index (χ4n) is 2.49. The summed E-state index contributed by atoms with van der Waals surface area (Å²) in [5.74, 6) is 0.637. The highest BCUT2D eigenvalue weighted by Gasteiger charge is 2.36. The Balaban J connectivity index is 1.87. The topological polar surface area (TPSA) is 58.6 Å². The number of hydrogen-bond donors (Lipinski definition) is 2. The molecule has 0 bridgehead atoms. The summed E-state index contributed by atoms with van der Waals surface area (Å²) in [6.07, 6.45) is 4.36. The summed E-state index contributed by atoms with van der Waals surface area (Å²) in [5, 5.41) is 11.7. The van der Waals surface area contributed by atoms with Crippen molar-refractivity contribution < 1.29 is 14.6 Å². The molecule has 4 heteroatoms. The maximum atomic E-state index is 10.3. The van der Waals surface area contributed by atoms with E-state index in [1.165, 1.54) is 25.7 Å². The van der Waals surface area contributed by atoms with Crippen LogP contribution in [0, 0.1) is 5.92 Å². The smallest absolute Gasteiger partial charge is 0.450 e. The van der Waals surface area contributed by atoms with Gasteiger partial charge in [0.05, 0.1) is 0 Å². The van der Waals surface area contributed by atoms with Crippen LogP contribution in [0.25, 0.3) is 0 Å². The molecule has 4 nitrogen and oxygen atoms in total. The second-order valence-electron chi connectivity index (χ2n) is 3.93. The maximum Gasteiger partial charge on any atom is 0.507 e. The summed E-state index contributed by atoms with van der Waals surface area (Å²) in [7, 11) is 0. The van der Waals surface area contributed by atoms with Gasteiger partial charge in [-0.15, -0.1) is 0 Å². The predicted molar refractivity (Wildman–Crippen MR) is 46.4 cm³/mol. The summed E-state index contributed by atoms with van der Waals surface area (Å²) in [4.78, 5) is 10.3. The van der Waals surface area contributed by atoms with E-state index in [1.807, 2.05) is 0 Å². The summed E-state index contributed by atoms with van der Waals surface area (Å²) in [5.41, 5.74) is 0. The van der Waals surface area contributed by atoms with Crippen molar-refractivity contribution in [1.82, 2.24) is 5.32 Å². The Bertz CT molecular complexity index is 193. The third kappa shape index (κ3) is 1.94. The number of carbonyl (C=O) groups is 1. The van der Waals surface area contributed by atoms with E-state index in [9.17, 15) is 4.79 Å². The van der Waals surface area contributed by atoms with Gasteiger partial charge in [-0.25, -0.2) is 4.79 Å². The number of nitrogens with one attached hydrogen (secondary N) is 1. The van der Waals surface area contributed by atoms with Crippen molar-refractivity contribution in [3.8, 4) is 0 Å². The lowest BCUT2D eigenvalue weighted by Crippen LogP contribution is -2.35. The number of hydrogen-bond acceptors (Lipinski definition) is 3. The molecule has 1 aliphatic heterocycles. The standard InChI is InChI=1S/C9H15NO3/c11-9(12)13-8-5-6-3-1-2-4-7(6)10-8/h6-8,10H,1-5H2,(H,11,12)/t6?,7-,8?/m0/s1. The molecule has 0 aromatic rings. The molecule has 3 atom stereocenters. The fourth-order valence-corrected chi connectivity index (χ4v) is 2.49. The minimum absolute atomic E-state index is 0.259. The van der Waals surface area contributed by atoms with Gasteiger partial charge in [0.2, 0.25) is 0 Å². The van der Waals surface area contributed by atoms with E-state index in [0.717, 1.165) is 6.42 Å². The first-order chi connectivity index (χ1) is 6.25. The molecule has 2 fully saturated rings. The molecular formula is C9H15NO3. The first kappa shape index (κ1) is 8.81. The number of ether oxygens (including phenoxy) is 1. The van der Waals surface area contributed by atoms with Crippen molar-refractivity contribution in [1.29, 1.82) is 0 Å². The molecule has 2 unspecified atom stereocenters. The molecule has 0 spiro atoms. The quantitative estimate of drug-likeness (QED) is 0.609. The van der Waals surface area contributed by atoms with Crippen LogP contribution >= 0.6 is 0 Å². The lowest BCUT2D eigenvalue weighted by molar-refractivity contribution is 0.0430. The minimum atomic E-state index is -1.17. The zero-order valence-corrected chi connectivity index (χ0v) is 7.53. The molecule has 0 radical (unpaired) electrons. The Hall–Kier alpha value is -0.770.